The fourth-order valence-electron chi connectivity index (χ4n) is 2.92. The summed E-state index contributed by atoms with van der Waals surface area (Å²) in [4.78, 5) is 27.1. The van der Waals surface area contributed by atoms with E-state index in [4.69, 9.17) is 17.0 Å². The van der Waals surface area contributed by atoms with Crippen LogP contribution in [-0.2, 0) is 9.59 Å². The number of hydrogen-bond acceptors (Lipinski definition) is 5. The van der Waals surface area contributed by atoms with Crippen molar-refractivity contribution in [3.05, 3.63) is 63.0 Å². The molecule has 0 atom stereocenters. The molecule has 2 aromatic rings. The third-order valence-corrected chi connectivity index (χ3v) is 6.84. The number of carbonyl (C=O) groups excluding carboxylic acids is 2. The first-order valence-electron chi connectivity index (χ1n) is 9.91. The van der Waals surface area contributed by atoms with Crippen LogP contribution < -0.4 is 10.1 Å². The second kappa shape index (κ2) is 10.9. The molecule has 8 heteroatoms. The Balaban J connectivity index is 1.60. The second-order valence-corrected chi connectivity index (χ2v) is 9.59. The molecule has 0 unspecified atom stereocenters. The largest absolute Gasteiger partial charge is 0.484 e. The van der Waals surface area contributed by atoms with Crippen LogP contribution in [-0.4, -0.2) is 34.2 Å². The first-order chi connectivity index (χ1) is 14.9. The number of hydrogen-bond donors (Lipinski definition) is 1. The molecule has 1 aliphatic rings. The summed E-state index contributed by atoms with van der Waals surface area (Å²) in [5.41, 5.74) is 2.57. The lowest BCUT2D eigenvalue weighted by Gasteiger charge is -2.13. The average Bonchev–Trinajstić information content (AvgIpc) is 3.00. The molecule has 0 bridgehead atoms. The number of anilines is 1. The number of nitrogens with zero attached hydrogens (tertiary/aromatic N) is 1. The van der Waals surface area contributed by atoms with Crippen molar-refractivity contribution in [1.29, 1.82) is 0 Å². The minimum Gasteiger partial charge on any atom is -0.484 e. The number of benzene rings is 2. The van der Waals surface area contributed by atoms with Gasteiger partial charge in [-0.15, -0.1) is 0 Å². The molecule has 1 N–H and O–H groups in total. The van der Waals surface area contributed by atoms with E-state index in [1.165, 1.54) is 11.8 Å². The van der Waals surface area contributed by atoms with E-state index in [2.05, 4.69) is 28.2 Å². The molecule has 0 saturated carbocycles. The molecule has 0 aliphatic carbocycles. The van der Waals surface area contributed by atoms with Crippen LogP contribution in [0.25, 0.3) is 6.08 Å². The van der Waals surface area contributed by atoms with Crippen LogP contribution in [0.5, 0.6) is 5.75 Å². The van der Waals surface area contributed by atoms with Gasteiger partial charge in [0.15, 0.2) is 6.61 Å². The van der Waals surface area contributed by atoms with Gasteiger partial charge in [0.2, 0.25) is 0 Å². The Hall–Kier alpha value is -2.16. The van der Waals surface area contributed by atoms with E-state index >= 15 is 0 Å². The lowest BCUT2D eigenvalue weighted by Crippen LogP contribution is -2.28. The van der Waals surface area contributed by atoms with Gasteiger partial charge in [-0.3, -0.25) is 14.5 Å². The molecular formula is C23H23BrN2O3S2. The minimum atomic E-state index is -0.246. The maximum Gasteiger partial charge on any atom is 0.266 e. The zero-order valence-corrected chi connectivity index (χ0v) is 20.5. The van der Waals surface area contributed by atoms with E-state index < -0.39 is 0 Å². The van der Waals surface area contributed by atoms with Crippen molar-refractivity contribution in [2.45, 2.75) is 26.7 Å². The summed E-state index contributed by atoms with van der Waals surface area (Å²) in [7, 11) is 0. The first kappa shape index (κ1) is 23.5. The number of rotatable bonds is 8. The SMILES string of the molecule is CCCCN1C(=O)/C(=C/c2cccc(OCC(=O)Nc3ccc(Br)c(C)c3)c2)SC1=S. The number of ether oxygens (including phenoxy) is 1. The van der Waals surface area contributed by atoms with Crippen LogP contribution in [0.4, 0.5) is 5.69 Å². The van der Waals surface area contributed by atoms with Gasteiger partial charge < -0.3 is 10.1 Å². The van der Waals surface area contributed by atoms with E-state index in [-0.39, 0.29) is 18.4 Å². The van der Waals surface area contributed by atoms with Gasteiger partial charge in [-0.05, 0) is 60.9 Å². The maximum atomic E-state index is 12.6. The molecule has 0 aromatic heterocycles. The molecule has 162 valence electrons. The second-order valence-electron chi connectivity index (χ2n) is 7.06. The number of halogens is 1. The van der Waals surface area contributed by atoms with Crippen molar-refractivity contribution in [3.63, 3.8) is 0 Å². The number of amides is 2. The maximum absolute atomic E-state index is 12.6. The molecule has 31 heavy (non-hydrogen) atoms. The number of nitrogens with one attached hydrogen (secondary N) is 1. The van der Waals surface area contributed by atoms with Gasteiger partial charge in [0, 0.05) is 16.7 Å². The highest BCUT2D eigenvalue weighted by atomic mass is 79.9. The number of carbonyl (C=O) groups is 2. The van der Waals surface area contributed by atoms with Crippen molar-refractivity contribution >= 4 is 67.8 Å². The first-order valence-corrected chi connectivity index (χ1v) is 11.9. The van der Waals surface area contributed by atoms with Gasteiger partial charge in [0.05, 0.1) is 4.91 Å². The van der Waals surface area contributed by atoms with Crippen molar-refractivity contribution in [1.82, 2.24) is 4.90 Å². The molecule has 1 aliphatic heterocycles. The summed E-state index contributed by atoms with van der Waals surface area (Å²) >= 11 is 10.1. The number of thiocarbonyl (C=S) groups is 1. The zero-order chi connectivity index (χ0) is 22.4. The molecule has 5 nitrogen and oxygen atoms in total. The lowest BCUT2D eigenvalue weighted by atomic mass is 10.2. The van der Waals surface area contributed by atoms with E-state index in [0.717, 1.165) is 28.4 Å². The summed E-state index contributed by atoms with van der Waals surface area (Å²) in [6, 6.07) is 12.9. The van der Waals surface area contributed by atoms with Gasteiger partial charge in [0.25, 0.3) is 11.8 Å². The molecule has 1 heterocycles. The van der Waals surface area contributed by atoms with Crippen LogP contribution in [0, 0.1) is 6.92 Å². The van der Waals surface area contributed by atoms with Crippen molar-refractivity contribution < 1.29 is 14.3 Å². The summed E-state index contributed by atoms with van der Waals surface area (Å²) in [5.74, 6) is 0.250. The molecule has 1 fully saturated rings. The van der Waals surface area contributed by atoms with Gasteiger partial charge >= 0.3 is 0 Å². The standard InChI is InChI=1S/C23H23BrN2O3S2/c1-3-4-10-26-22(28)20(31-23(26)30)13-16-6-5-7-18(12-16)29-14-21(27)25-17-8-9-19(24)15(2)11-17/h5-9,11-13H,3-4,10,14H2,1-2H3,(H,25,27)/b20-13-. The Kier molecular flexibility index (Phi) is 8.28. The van der Waals surface area contributed by atoms with E-state index in [1.54, 1.807) is 17.0 Å². The van der Waals surface area contributed by atoms with Crippen LogP contribution in [0.2, 0.25) is 0 Å². The topological polar surface area (TPSA) is 58.6 Å². The van der Waals surface area contributed by atoms with Gasteiger partial charge in [0.1, 0.15) is 10.1 Å². The minimum absolute atomic E-state index is 0.0565. The van der Waals surface area contributed by atoms with Crippen LogP contribution in [0.1, 0.15) is 30.9 Å². The van der Waals surface area contributed by atoms with Crippen LogP contribution in [0.15, 0.2) is 51.8 Å². The smallest absolute Gasteiger partial charge is 0.266 e. The molecule has 2 aromatic carbocycles. The van der Waals surface area contributed by atoms with Gasteiger partial charge in [-0.1, -0.05) is 65.4 Å². The monoisotopic (exact) mass is 518 g/mol. The number of unbranched alkanes of at least 4 members (excludes halogenated alkanes) is 1. The summed E-state index contributed by atoms with van der Waals surface area (Å²) in [6.45, 7) is 4.57. The van der Waals surface area contributed by atoms with E-state index in [0.29, 0.717) is 27.2 Å². The molecule has 2 amide bonds. The highest BCUT2D eigenvalue weighted by Crippen LogP contribution is 2.33. The molecule has 1 saturated heterocycles. The molecule has 0 radical (unpaired) electrons. The lowest BCUT2D eigenvalue weighted by molar-refractivity contribution is -0.122. The highest BCUT2D eigenvalue weighted by Gasteiger charge is 2.31. The Labute approximate surface area is 200 Å². The van der Waals surface area contributed by atoms with E-state index in [9.17, 15) is 9.59 Å². The van der Waals surface area contributed by atoms with Crippen LogP contribution in [0.3, 0.4) is 0 Å². The average molecular weight is 519 g/mol. The van der Waals surface area contributed by atoms with Crippen molar-refractivity contribution in [3.8, 4) is 5.75 Å². The van der Waals surface area contributed by atoms with Gasteiger partial charge in [-0.25, -0.2) is 0 Å². The fourth-order valence-corrected chi connectivity index (χ4v) is 4.48. The predicted molar refractivity (Wildman–Crippen MR) is 134 cm³/mol. The quantitative estimate of drug-likeness (QED) is 0.354. The van der Waals surface area contributed by atoms with Crippen molar-refractivity contribution in [2.75, 3.05) is 18.5 Å². The summed E-state index contributed by atoms with van der Waals surface area (Å²) < 4.78 is 7.22. The third kappa shape index (κ3) is 6.41. The zero-order valence-electron chi connectivity index (χ0n) is 17.3. The Bertz CT molecular complexity index is 1040. The Morgan fingerprint density at radius 1 is 1.29 bits per heavy atom. The number of thioether (sulfide) groups is 1. The van der Waals surface area contributed by atoms with Crippen LogP contribution >= 0.6 is 39.9 Å². The summed E-state index contributed by atoms with van der Waals surface area (Å²) in [6.07, 6.45) is 3.73. The number of aryl methyl sites for hydroxylation is 1. The fraction of sp³-hybridized carbons (Fsp3) is 0.261. The summed E-state index contributed by atoms with van der Waals surface area (Å²) in [5, 5.41) is 2.82. The molecule has 3 rings (SSSR count). The normalized spacial score (nSPS) is 14.9. The van der Waals surface area contributed by atoms with E-state index in [1.807, 2.05) is 43.3 Å². The Morgan fingerprint density at radius 3 is 2.84 bits per heavy atom. The molecular weight excluding hydrogens is 496 g/mol. The van der Waals surface area contributed by atoms with Crippen molar-refractivity contribution in [2.24, 2.45) is 0 Å². The Morgan fingerprint density at radius 2 is 2.10 bits per heavy atom. The highest BCUT2D eigenvalue weighted by molar-refractivity contribution is 9.10. The van der Waals surface area contributed by atoms with Gasteiger partial charge in [-0.2, -0.15) is 0 Å². The third-order valence-electron chi connectivity index (χ3n) is 4.58. The predicted octanol–water partition coefficient (Wildman–Crippen LogP) is 5.78. The molecule has 0 spiro atoms.